The van der Waals surface area contributed by atoms with Gasteiger partial charge in [-0.25, -0.2) is 0 Å². The molecule has 0 unspecified atom stereocenters. The molecule has 0 aliphatic rings. The minimum Gasteiger partial charge on any atom is -1.00 e. The maximum absolute atomic E-state index is 9.29. The Kier molecular flexibility index (Phi) is 7.84. The van der Waals surface area contributed by atoms with E-state index >= 15 is 0 Å². The van der Waals surface area contributed by atoms with Crippen molar-refractivity contribution in [3.05, 3.63) is 91.0 Å². The van der Waals surface area contributed by atoms with E-state index in [1.165, 1.54) is 15.9 Å². The summed E-state index contributed by atoms with van der Waals surface area (Å²) >= 11 is 0. The summed E-state index contributed by atoms with van der Waals surface area (Å²) < 4.78 is 0. The molecule has 0 atom stereocenters. The standard InChI is InChI=1S/C22H24OP.BrH/c23-18-10-11-19-24(20-12-4-1-5-13-20,21-14-6-2-7-15-21)22-16-8-3-9-17-22;/h1-9,12-17,23H,10-11,18-19H2;1H/q+1;/p-1. The molecule has 0 radical (unpaired) electrons. The average molecular weight is 415 g/mol. The van der Waals surface area contributed by atoms with Crippen LogP contribution in [0.25, 0.3) is 0 Å². The van der Waals surface area contributed by atoms with Crippen molar-refractivity contribution in [1.29, 1.82) is 0 Å². The van der Waals surface area contributed by atoms with Crippen LogP contribution in [-0.2, 0) is 0 Å². The topological polar surface area (TPSA) is 20.2 Å². The highest BCUT2D eigenvalue weighted by Crippen LogP contribution is 2.55. The number of rotatable bonds is 7. The molecule has 130 valence electrons. The van der Waals surface area contributed by atoms with Crippen LogP contribution in [-0.4, -0.2) is 17.9 Å². The predicted molar refractivity (Wildman–Crippen MR) is 106 cm³/mol. The van der Waals surface area contributed by atoms with E-state index in [1.54, 1.807) is 0 Å². The van der Waals surface area contributed by atoms with Crippen LogP contribution in [0.4, 0.5) is 0 Å². The first-order valence-corrected chi connectivity index (χ1v) is 10.5. The first-order chi connectivity index (χ1) is 11.9. The monoisotopic (exact) mass is 414 g/mol. The van der Waals surface area contributed by atoms with Crippen molar-refractivity contribution in [2.75, 3.05) is 12.8 Å². The molecule has 0 heterocycles. The first-order valence-electron chi connectivity index (χ1n) is 8.54. The molecule has 25 heavy (non-hydrogen) atoms. The Labute approximate surface area is 161 Å². The molecule has 3 rings (SSSR count). The summed E-state index contributed by atoms with van der Waals surface area (Å²) in [5, 5.41) is 13.5. The minimum atomic E-state index is -1.69. The Hall–Kier alpha value is -1.47. The molecule has 3 aromatic carbocycles. The molecular formula is C22H24BrOP. The Morgan fingerprint density at radius 2 is 0.920 bits per heavy atom. The fourth-order valence-electron chi connectivity index (χ4n) is 3.34. The predicted octanol–water partition coefficient (Wildman–Crippen LogP) is 0.757. The van der Waals surface area contributed by atoms with Crippen LogP contribution in [0.5, 0.6) is 0 Å². The normalized spacial score (nSPS) is 10.9. The molecule has 0 amide bonds. The van der Waals surface area contributed by atoms with Gasteiger partial charge < -0.3 is 22.1 Å². The summed E-state index contributed by atoms with van der Waals surface area (Å²) in [6, 6.07) is 32.7. The van der Waals surface area contributed by atoms with Crippen LogP contribution < -0.4 is 32.9 Å². The lowest BCUT2D eigenvalue weighted by atomic mass is 10.3. The summed E-state index contributed by atoms with van der Waals surface area (Å²) in [7, 11) is -1.69. The Balaban J connectivity index is 0.00000225. The molecule has 0 saturated heterocycles. The SMILES string of the molecule is OCCCC[P+](c1ccccc1)(c1ccccc1)c1ccccc1.[Br-]. The fourth-order valence-corrected chi connectivity index (χ4v) is 7.75. The Morgan fingerprint density at radius 1 is 0.560 bits per heavy atom. The van der Waals surface area contributed by atoms with Crippen LogP contribution >= 0.6 is 7.26 Å². The van der Waals surface area contributed by atoms with Gasteiger partial charge in [-0.15, -0.1) is 0 Å². The number of hydrogen-bond donors (Lipinski definition) is 1. The van der Waals surface area contributed by atoms with Gasteiger partial charge in [-0.2, -0.15) is 0 Å². The first kappa shape index (κ1) is 19.8. The number of benzene rings is 3. The van der Waals surface area contributed by atoms with Crippen molar-refractivity contribution in [3.8, 4) is 0 Å². The quantitative estimate of drug-likeness (QED) is 0.446. The lowest BCUT2D eigenvalue weighted by Gasteiger charge is -2.27. The molecule has 0 aliphatic heterocycles. The highest BCUT2D eigenvalue weighted by atomic mass is 79.9. The smallest absolute Gasteiger partial charge is 0.112 e. The van der Waals surface area contributed by atoms with Gasteiger partial charge >= 0.3 is 0 Å². The molecule has 0 fully saturated rings. The molecule has 0 spiro atoms. The molecule has 1 nitrogen and oxygen atoms in total. The van der Waals surface area contributed by atoms with E-state index in [9.17, 15) is 5.11 Å². The number of halogens is 1. The zero-order chi connectivity index (χ0) is 16.7. The molecule has 1 N–H and O–H groups in total. The van der Waals surface area contributed by atoms with Crippen LogP contribution in [0.15, 0.2) is 91.0 Å². The van der Waals surface area contributed by atoms with Gasteiger partial charge in [0.25, 0.3) is 0 Å². The minimum absolute atomic E-state index is 0. The van der Waals surface area contributed by atoms with Crippen molar-refractivity contribution in [2.45, 2.75) is 12.8 Å². The number of hydrogen-bond acceptors (Lipinski definition) is 1. The molecule has 3 heteroatoms. The van der Waals surface area contributed by atoms with Crippen molar-refractivity contribution in [1.82, 2.24) is 0 Å². The zero-order valence-electron chi connectivity index (χ0n) is 14.3. The van der Waals surface area contributed by atoms with Gasteiger partial charge in [0, 0.05) is 6.61 Å². The second-order valence-electron chi connectivity index (χ2n) is 5.97. The van der Waals surface area contributed by atoms with E-state index in [-0.39, 0.29) is 23.6 Å². The van der Waals surface area contributed by atoms with Gasteiger partial charge in [-0.05, 0) is 49.2 Å². The zero-order valence-corrected chi connectivity index (χ0v) is 16.7. The van der Waals surface area contributed by atoms with Gasteiger partial charge in [0.15, 0.2) is 0 Å². The van der Waals surface area contributed by atoms with E-state index in [1.807, 2.05) is 0 Å². The largest absolute Gasteiger partial charge is 1.00 e. The average Bonchev–Trinajstić information content (AvgIpc) is 2.68. The van der Waals surface area contributed by atoms with E-state index < -0.39 is 7.26 Å². The van der Waals surface area contributed by atoms with Crippen molar-refractivity contribution in [3.63, 3.8) is 0 Å². The fraction of sp³-hybridized carbons (Fsp3) is 0.182. The highest BCUT2D eigenvalue weighted by Gasteiger charge is 2.44. The van der Waals surface area contributed by atoms with Crippen LogP contribution in [0.1, 0.15) is 12.8 Å². The number of unbranched alkanes of at least 4 members (excludes halogenated alkanes) is 1. The van der Waals surface area contributed by atoms with E-state index in [4.69, 9.17) is 0 Å². The van der Waals surface area contributed by atoms with Crippen LogP contribution in [0.3, 0.4) is 0 Å². The van der Waals surface area contributed by atoms with Crippen molar-refractivity contribution >= 4 is 23.2 Å². The number of aliphatic hydroxyl groups is 1. The van der Waals surface area contributed by atoms with Gasteiger partial charge in [0.2, 0.25) is 0 Å². The lowest BCUT2D eigenvalue weighted by Crippen LogP contribution is -3.00. The van der Waals surface area contributed by atoms with Gasteiger partial charge in [0.05, 0.1) is 6.16 Å². The molecule has 0 aromatic heterocycles. The van der Waals surface area contributed by atoms with Crippen LogP contribution in [0.2, 0.25) is 0 Å². The molecule has 0 bridgehead atoms. The van der Waals surface area contributed by atoms with E-state index in [2.05, 4.69) is 91.0 Å². The third kappa shape index (κ3) is 4.39. The molecule has 0 aliphatic carbocycles. The molecule has 3 aromatic rings. The van der Waals surface area contributed by atoms with Gasteiger partial charge in [-0.1, -0.05) is 54.6 Å². The summed E-state index contributed by atoms with van der Waals surface area (Å²) in [5.41, 5.74) is 0. The van der Waals surface area contributed by atoms with E-state index in [0.717, 1.165) is 19.0 Å². The third-order valence-electron chi connectivity index (χ3n) is 4.49. The van der Waals surface area contributed by atoms with Crippen molar-refractivity contribution < 1.29 is 22.1 Å². The Bertz CT molecular complexity index is 635. The summed E-state index contributed by atoms with van der Waals surface area (Å²) in [6.07, 6.45) is 2.98. The van der Waals surface area contributed by atoms with Gasteiger partial charge in [0.1, 0.15) is 23.2 Å². The highest BCUT2D eigenvalue weighted by molar-refractivity contribution is 7.95. The Morgan fingerprint density at radius 3 is 1.24 bits per heavy atom. The second-order valence-corrected chi connectivity index (χ2v) is 9.59. The van der Waals surface area contributed by atoms with Crippen molar-refractivity contribution in [2.24, 2.45) is 0 Å². The molecule has 0 saturated carbocycles. The van der Waals surface area contributed by atoms with Gasteiger partial charge in [-0.3, -0.25) is 0 Å². The summed E-state index contributed by atoms with van der Waals surface area (Å²) in [5.74, 6) is 0. The molecular weight excluding hydrogens is 391 g/mol. The van der Waals surface area contributed by atoms with E-state index in [0.29, 0.717) is 0 Å². The number of aliphatic hydroxyl groups excluding tert-OH is 1. The summed E-state index contributed by atoms with van der Waals surface area (Å²) in [6.45, 7) is 0.262. The summed E-state index contributed by atoms with van der Waals surface area (Å²) in [4.78, 5) is 0. The van der Waals surface area contributed by atoms with Crippen LogP contribution in [0, 0.1) is 0 Å². The second kappa shape index (κ2) is 9.87. The maximum atomic E-state index is 9.29. The maximum Gasteiger partial charge on any atom is 0.112 e. The lowest BCUT2D eigenvalue weighted by molar-refractivity contribution is -0.00000583. The third-order valence-corrected chi connectivity index (χ3v) is 9.02.